The molecule has 9 heteroatoms. The van der Waals surface area contributed by atoms with Crippen LogP contribution in [0.1, 0.15) is 43.4 Å². The maximum Gasteiger partial charge on any atom is 0.235 e. The molecule has 1 unspecified atom stereocenters. The van der Waals surface area contributed by atoms with Crippen molar-refractivity contribution in [3.63, 3.8) is 0 Å². The van der Waals surface area contributed by atoms with Crippen molar-refractivity contribution in [3.05, 3.63) is 52.5 Å². The SMILES string of the molecule is CCC(O)c1cc(OCCN2CCC3(CC2)C(=O)Nc2ccc(Cl)cc23)ccc1S(C)(=O)=O. The molecule has 1 fully saturated rings. The van der Waals surface area contributed by atoms with Crippen molar-refractivity contribution in [3.8, 4) is 5.75 Å². The number of hydrogen-bond acceptors (Lipinski definition) is 6. The van der Waals surface area contributed by atoms with Gasteiger partial charge in [-0.05, 0) is 74.3 Å². The number of fused-ring (bicyclic) bond motifs is 2. The number of halogens is 1. The van der Waals surface area contributed by atoms with Gasteiger partial charge in [-0.15, -0.1) is 0 Å². The summed E-state index contributed by atoms with van der Waals surface area (Å²) in [6, 6.07) is 10.3. The van der Waals surface area contributed by atoms with E-state index in [0.29, 0.717) is 48.7 Å². The van der Waals surface area contributed by atoms with Crippen molar-refractivity contribution in [2.45, 2.75) is 42.6 Å². The number of sulfone groups is 1. The summed E-state index contributed by atoms with van der Waals surface area (Å²) in [5.41, 5.74) is 1.68. The predicted octanol–water partition coefficient (Wildman–Crippen LogP) is 3.55. The number of hydrogen-bond donors (Lipinski definition) is 2. The normalized spacial score (nSPS) is 18.7. The van der Waals surface area contributed by atoms with Gasteiger partial charge in [-0.25, -0.2) is 8.42 Å². The van der Waals surface area contributed by atoms with E-state index in [0.717, 1.165) is 30.6 Å². The summed E-state index contributed by atoms with van der Waals surface area (Å²) in [4.78, 5) is 15.2. The number of rotatable bonds is 7. The molecule has 0 aliphatic carbocycles. The van der Waals surface area contributed by atoms with E-state index < -0.39 is 21.4 Å². The van der Waals surface area contributed by atoms with Crippen LogP contribution < -0.4 is 10.1 Å². The third-order valence-electron chi connectivity index (χ3n) is 6.69. The molecule has 1 amide bonds. The van der Waals surface area contributed by atoms with Crippen LogP contribution in [0.3, 0.4) is 0 Å². The van der Waals surface area contributed by atoms with Gasteiger partial charge in [0.15, 0.2) is 9.84 Å². The van der Waals surface area contributed by atoms with E-state index in [-0.39, 0.29) is 10.8 Å². The number of carbonyl (C=O) groups is 1. The van der Waals surface area contributed by atoms with Gasteiger partial charge in [0, 0.05) is 29.1 Å². The Morgan fingerprint density at radius 1 is 1.21 bits per heavy atom. The molecule has 0 aromatic heterocycles. The second-order valence-corrected chi connectivity index (χ2v) is 11.2. The lowest BCUT2D eigenvalue weighted by Gasteiger charge is -2.38. The molecule has 0 bridgehead atoms. The summed E-state index contributed by atoms with van der Waals surface area (Å²) < 4.78 is 30.0. The Morgan fingerprint density at radius 2 is 1.94 bits per heavy atom. The van der Waals surface area contributed by atoms with Gasteiger partial charge in [-0.1, -0.05) is 18.5 Å². The Kier molecular flexibility index (Phi) is 6.73. The van der Waals surface area contributed by atoms with E-state index in [2.05, 4.69) is 10.2 Å². The molecule has 2 aromatic rings. The molecule has 1 atom stereocenters. The van der Waals surface area contributed by atoms with E-state index >= 15 is 0 Å². The van der Waals surface area contributed by atoms with Crippen molar-refractivity contribution in [1.29, 1.82) is 0 Å². The van der Waals surface area contributed by atoms with Gasteiger partial charge in [0.2, 0.25) is 5.91 Å². The quantitative estimate of drug-likeness (QED) is 0.613. The maximum atomic E-state index is 12.8. The average molecular weight is 493 g/mol. The van der Waals surface area contributed by atoms with Crippen molar-refractivity contribution in [2.24, 2.45) is 0 Å². The third kappa shape index (κ3) is 4.75. The zero-order valence-electron chi connectivity index (χ0n) is 18.8. The minimum Gasteiger partial charge on any atom is -0.492 e. The second kappa shape index (κ2) is 9.25. The third-order valence-corrected chi connectivity index (χ3v) is 8.10. The highest BCUT2D eigenvalue weighted by Gasteiger charge is 2.48. The molecule has 0 saturated carbocycles. The Bertz CT molecular complexity index is 1160. The largest absolute Gasteiger partial charge is 0.492 e. The van der Waals surface area contributed by atoms with Gasteiger partial charge in [0.1, 0.15) is 12.4 Å². The zero-order valence-corrected chi connectivity index (χ0v) is 20.4. The number of benzene rings is 2. The molecule has 2 heterocycles. The lowest BCUT2D eigenvalue weighted by Crippen LogP contribution is -2.47. The fourth-order valence-corrected chi connectivity index (χ4v) is 5.88. The van der Waals surface area contributed by atoms with Crippen LogP contribution in [0.4, 0.5) is 5.69 Å². The smallest absolute Gasteiger partial charge is 0.235 e. The molecule has 0 radical (unpaired) electrons. The van der Waals surface area contributed by atoms with Crippen LogP contribution >= 0.6 is 11.6 Å². The fourth-order valence-electron chi connectivity index (χ4n) is 4.77. The molecule has 2 aromatic carbocycles. The van der Waals surface area contributed by atoms with Crippen LogP contribution in [0.15, 0.2) is 41.3 Å². The lowest BCUT2D eigenvalue weighted by molar-refractivity contribution is -0.122. The van der Waals surface area contributed by atoms with Gasteiger partial charge in [0.25, 0.3) is 0 Å². The Balaban J connectivity index is 1.37. The number of likely N-dealkylation sites (tertiary alicyclic amines) is 1. The van der Waals surface area contributed by atoms with E-state index in [1.165, 1.54) is 6.07 Å². The average Bonchev–Trinajstić information content (AvgIpc) is 3.04. The minimum absolute atomic E-state index is 0.0450. The summed E-state index contributed by atoms with van der Waals surface area (Å²) in [5, 5.41) is 13.9. The lowest BCUT2D eigenvalue weighted by atomic mass is 9.73. The standard InChI is InChI=1S/C24H29ClN2O5S/c1-3-21(28)18-15-17(5-7-22(18)33(2,30)31)32-13-12-27-10-8-24(9-11-27)19-14-16(25)4-6-20(19)26-23(24)29/h4-7,14-15,21,28H,3,8-13H2,1-2H3,(H,26,29). The fraction of sp³-hybridized carbons (Fsp3) is 0.458. The van der Waals surface area contributed by atoms with Crippen molar-refractivity contribution >= 4 is 33.0 Å². The van der Waals surface area contributed by atoms with E-state index in [1.54, 1.807) is 25.1 Å². The van der Waals surface area contributed by atoms with E-state index in [9.17, 15) is 18.3 Å². The molecular formula is C24H29ClN2O5S. The van der Waals surface area contributed by atoms with Crippen molar-refractivity contribution in [1.82, 2.24) is 4.90 Å². The van der Waals surface area contributed by atoms with Crippen LogP contribution in [-0.4, -0.2) is 56.8 Å². The van der Waals surface area contributed by atoms with Crippen LogP contribution in [0, 0.1) is 0 Å². The molecule has 2 N–H and O–H groups in total. The number of ether oxygens (including phenoxy) is 1. The van der Waals surface area contributed by atoms with Gasteiger partial charge in [-0.2, -0.15) is 0 Å². The number of aliphatic hydroxyl groups excluding tert-OH is 1. The van der Waals surface area contributed by atoms with Crippen LogP contribution in [-0.2, 0) is 20.0 Å². The minimum atomic E-state index is -3.45. The summed E-state index contributed by atoms with van der Waals surface area (Å²) in [6.45, 7) is 4.41. The van der Waals surface area contributed by atoms with Crippen LogP contribution in [0.2, 0.25) is 5.02 Å². The summed E-state index contributed by atoms with van der Waals surface area (Å²) in [5.74, 6) is 0.570. The number of carbonyl (C=O) groups excluding carboxylic acids is 1. The predicted molar refractivity (Wildman–Crippen MR) is 128 cm³/mol. The summed E-state index contributed by atoms with van der Waals surface area (Å²) >= 11 is 6.19. The number of anilines is 1. The number of nitrogens with one attached hydrogen (secondary N) is 1. The molecule has 2 aliphatic heterocycles. The first-order valence-electron chi connectivity index (χ1n) is 11.1. The molecular weight excluding hydrogens is 464 g/mol. The molecule has 1 spiro atoms. The van der Waals surface area contributed by atoms with Crippen molar-refractivity contribution < 1.29 is 23.1 Å². The van der Waals surface area contributed by atoms with E-state index in [1.807, 2.05) is 12.1 Å². The molecule has 178 valence electrons. The topological polar surface area (TPSA) is 95.9 Å². The molecule has 2 aliphatic rings. The van der Waals surface area contributed by atoms with Crippen LogP contribution in [0.25, 0.3) is 0 Å². The summed E-state index contributed by atoms with van der Waals surface area (Å²) in [6.07, 6.45) is 2.09. The molecule has 7 nitrogen and oxygen atoms in total. The number of aliphatic hydroxyl groups is 1. The molecule has 33 heavy (non-hydrogen) atoms. The maximum absolute atomic E-state index is 12.8. The monoisotopic (exact) mass is 492 g/mol. The Labute approximate surface area is 199 Å². The number of nitrogens with zero attached hydrogens (tertiary/aromatic N) is 1. The van der Waals surface area contributed by atoms with E-state index in [4.69, 9.17) is 16.3 Å². The van der Waals surface area contributed by atoms with Crippen molar-refractivity contribution in [2.75, 3.05) is 37.8 Å². The second-order valence-electron chi connectivity index (χ2n) is 8.81. The Hall–Kier alpha value is -2.13. The first-order chi connectivity index (χ1) is 15.6. The number of piperidine rings is 1. The van der Waals surface area contributed by atoms with Gasteiger partial charge in [-0.3, -0.25) is 9.69 Å². The highest BCUT2D eigenvalue weighted by molar-refractivity contribution is 7.90. The highest BCUT2D eigenvalue weighted by atomic mass is 35.5. The molecule has 1 saturated heterocycles. The van der Waals surface area contributed by atoms with Gasteiger partial charge < -0.3 is 15.2 Å². The highest BCUT2D eigenvalue weighted by Crippen LogP contribution is 2.45. The first kappa shape index (κ1) is 24.0. The molecule has 4 rings (SSSR count). The zero-order chi connectivity index (χ0) is 23.8. The summed E-state index contributed by atoms with van der Waals surface area (Å²) in [7, 11) is -3.45. The Morgan fingerprint density at radius 3 is 2.61 bits per heavy atom. The van der Waals surface area contributed by atoms with Gasteiger partial charge >= 0.3 is 0 Å². The first-order valence-corrected chi connectivity index (χ1v) is 13.4. The van der Waals surface area contributed by atoms with Gasteiger partial charge in [0.05, 0.1) is 16.4 Å². The van der Waals surface area contributed by atoms with Crippen LogP contribution in [0.5, 0.6) is 5.75 Å². The number of amides is 1.